The minimum atomic E-state index is -0.705. The summed E-state index contributed by atoms with van der Waals surface area (Å²) in [7, 11) is 0. The maximum absolute atomic E-state index is 11.0. The second-order valence-corrected chi connectivity index (χ2v) is 4.34. The Balaban J connectivity index is 1.79. The Morgan fingerprint density at radius 1 is 1.43 bits per heavy atom. The number of nitrogens with zero attached hydrogens (tertiary/aromatic N) is 1. The van der Waals surface area contributed by atoms with E-state index in [9.17, 15) is 4.79 Å². The van der Waals surface area contributed by atoms with Crippen LogP contribution < -0.4 is 5.32 Å². The van der Waals surface area contributed by atoms with Gasteiger partial charge in [-0.05, 0) is 38.8 Å². The normalized spacial score (nSPS) is 25.1. The summed E-state index contributed by atoms with van der Waals surface area (Å²) in [6, 6.07) is 0.110. The number of carbonyl (C=O) groups is 1. The molecule has 0 aromatic heterocycles. The Bertz CT molecular complexity index is 210. The highest BCUT2D eigenvalue weighted by molar-refractivity contribution is 5.73. The van der Waals surface area contributed by atoms with E-state index in [1.54, 1.807) is 0 Å². The van der Waals surface area contributed by atoms with Crippen LogP contribution in [0.1, 0.15) is 25.7 Å². The van der Waals surface area contributed by atoms with E-state index >= 15 is 0 Å². The summed E-state index contributed by atoms with van der Waals surface area (Å²) in [4.78, 5) is 13.2. The molecule has 1 heterocycles. The molecule has 4 nitrogen and oxygen atoms in total. The van der Waals surface area contributed by atoms with Crippen LogP contribution in [0.5, 0.6) is 0 Å². The molecule has 1 aliphatic carbocycles. The summed E-state index contributed by atoms with van der Waals surface area (Å²) in [5.74, 6) is -0.705. The van der Waals surface area contributed by atoms with Crippen molar-refractivity contribution in [3.63, 3.8) is 0 Å². The SMILES string of the molecule is O=C(O)C(CN1CCCC1)NC1CC1. The Labute approximate surface area is 84.3 Å². The molecule has 0 radical (unpaired) electrons. The molecule has 0 bridgehead atoms. The quantitative estimate of drug-likeness (QED) is 0.666. The van der Waals surface area contributed by atoms with Gasteiger partial charge in [-0.25, -0.2) is 0 Å². The van der Waals surface area contributed by atoms with Crippen molar-refractivity contribution >= 4 is 5.97 Å². The standard InChI is InChI=1S/C10H18N2O2/c13-10(14)9(11-8-3-4-8)7-12-5-1-2-6-12/h8-9,11H,1-7H2,(H,13,14). The summed E-state index contributed by atoms with van der Waals surface area (Å²) in [6.45, 7) is 2.80. The van der Waals surface area contributed by atoms with Crippen LogP contribution in [-0.4, -0.2) is 47.7 Å². The van der Waals surface area contributed by atoms with E-state index in [2.05, 4.69) is 10.2 Å². The van der Waals surface area contributed by atoms with Crippen LogP contribution >= 0.6 is 0 Å². The van der Waals surface area contributed by atoms with Gasteiger partial charge in [0.25, 0.3) is 0 Å². The van der Waals surface area contributed by atoms with Crippen molar-refractivity contribution in [1.29, 1.82) is 0 Å². The van der Waals surface area contributed by atoms with Gasteiger partial charge in [0.1, 0.15) is 6.04 Å². The molecule has 0 aromatic rings. The molecule has 14 heavy (non-hydrogen) atoms. The first-order valence-electron chi connectivity index (χ1n) is 5.47. The van der Waals surface area contributed by atoms with Crippen molar-refractivity contribution in [3.05, 3.63) is 0 Å². The molecule has 2 rings (SSSR count). The molecule has 2 N–H and O–H groups in total. The van der Waals surface area contributed by atoms with E-state index in [0.29, 0.717) is 12.6 Å². The first-order chi connectivity index (χ1) is 6.75. The van der Waals surface area contributed by atoms with E-state index in [0.717, 1.165) is 25.9 Å². The van der Waals surface area contributed by atoms with Gasteiger partial charge in [0, 0.05) is 12.6 Å². The fraction of sp³-hybridized carbons (Fsp3) is 0.900. The molecule has 2 fully saturated rings. The van der Waals surface area contributed by atoms with Crippen molar-refractivity contribution in [1.82, 2.24) is 10.2 Å². The Hall–Kier alpha value is -0.610. The van der Waals surface area contributed by atoms with Crippen LogP contribution in [0.25, 0.3) is 0 Å². The smallest absolute Gasteiger partial charge is 0.322 e. The molecule has 0 aromatic carbocycles. The summed E-state index contributed by atoms with van der Waals surface area (Å²) in [5, 5.41) is 12.2. The van der Waals surface area contributed by atoms with Gasteiger partial charge in [0.05, 0.1) is 0 Å². The largest absolute Gasteiger partial charge is 0.480 e. The van der Waals surface area contributed by atoms with E-state index < -0.39 is 5.97 Å². The third kappa shape index (κ3) is 2.69. The van der Waals surface area contributed by atoms with Crippen molar-refractivity contribution < 1.29 is 9.90 Å². The third-order valence-electron chi connectivity index (χ3n) is 2.95. The highest BCUT2D eigenvalue weighted by Crippen LogP contribution is 2.20. The molecule has 1 atom stereocenters. The molecule has 0 amide bonds. The molecule has 1 aliphatic heterocycles. The summed E-state index contributed by atoms with van der Waals surface area (Å²) < 4.78 is 0. The Morgan fingerprint density at radius 3 is 2.57 bits per heavy atom. The van der Waals surface area contributed by atoms with Crippen molar-refractivity contribution in [2.45, 2.75) is 37.8 Å². The van der Waals surface area contributed by atoms with Crippen LogP contribution in [0.15, 0.2) is 0 Å². The molecular weight excluding hydrogens is 180 g/mol. The number of likely N-dealkylation sites (tertiary alicyclic amines) is 1. The second-order valence-electron chi connectivity index (χ2n) is 4.34. The van der Waals surface area contributed by atoms with Gasteiger partial charge in [-0.3, -0.25) is 4.79 Å². The molecular formula is C10H18N2O2. The van der Waals surface area contributed by atoms with E-state index in [1.807, 2.05) is 0 Å². The third-order valence-corrected chi connectivity index (χ3v) is 2.95. The molecule has 4 heteroatoms. The fourth-order valence-electron chi connectivity index (χ4n) is 1.96. The lowest BCUT2D eigenvalue weighted by molar-refractivity contribution is -0.140. The van der Waals surface area contributed by atoms with Crippen molar-refractivity contribution in [2.24, 2.45) is 0 Å². The second kappa shape index (κ2) is 4.28. The minimum absolute atomic E-state index is 0.361. The highest BCUT2D eigenvalue weighted by atomic mass is 16.4. The zero-order chi connectivity index (χ0) is 9.97. The summed E-state index contributed by atoms with van der Waals surface area (Å²) in [5.41, 5.74) is 0. The predicted molar refractivity (Wildman–Crippen MR) is 53.3 cm³/mol. The molecule has 0 spiro atoms. The van der Waals surface area contributed by atoms with Crippen LogP contribution in [0.2, 0.25) is 0 Å². The maximum atomic E-state index is 11.0. The van der Waals surface area contributed by atoms with Gasteiger partial charge >= 0.3 is 5.97 Å². The topological polar surface area (TPSA) is 52.6 Å². The first kappa shape index (κ1) is 9.93. The van der Waals surface area contributed by atoms with Crippen LogP contribution in [0.4, 0.5) is 0 Å². The van der Waals surface area contributed by atoms with Gasteiger partial charge in [-0.2, -0.15) is 0 Å². The Morgan fingerprint density at radius 2 is 2.07 bits per heavy atom. The van der Waals surface area contributed by atoms with Crippen LogP contribution in [-0.2, 0) is 4.79 Å². The Kier molecular flexibility index (Phi) is 3.03. The van der Waals surface area contributed by atoms with Crippen molar-refractivity contribution in [3.8, 4) is 0 Å². The van der Waals surface area contributed by atoms with E-state index in [1.165, 1.54) is 12.8 Å². The van der Waals surface area contributed by atoms with Crippen molar-refractivity contribution in [2.75, 3.05) is 19.6 Å². The lowest BCUT2D eigenvalue weighted by Crippen LogP contribution is -2.46. The zero-order valence-electron chi connectivity index (χ0n) is 8.41. The highest BCUT2D eigenvalue weighted by Gasteiger charge is 2.29. The number of rotatable bonds is 5. The fourth-order valence-corrected chi connectivity index (χ4v) is 1.96. The predicted octanol–water partition coefficient (Wildman–Crippen LogP) is 0.287. The van der Waals surface area contributed by atoms with Gasteiger partial charge in [0.2, 0.25) is 0 Å². The molecule has 80 valence electrons. The van der Waals surface area contributed by atoms with Crippen LogP contribution in [0, 0.1) is 0 Å². The molecule has 2 aliphatic rings. The van der Waals surface area contributed by atoms with Gasteiger partial charge in [-0.1, -0.05) is 0 Å². The molecule has 1 unspecified atom stereocenters. The number of aliphatic carboxylic acids is 1. The number of carboxylic acids is 1. The monoisotopic (exact) mass is 198 g/mol. The lowest BCUT2D eigenvalue weighted by atomic mass is 10.2. The number of hydrogen-bond donors (Lipinski definition) is 2. The lowest BCUT2D eigenvalue weighted by Gasteiger charge is -2.21. The van der Waals surface area contributed by atoms with Gasteiger partial charge < -0.3 is 15.3 Å². The van der Waals surface area contributed by atoms with Gasteiger partial charge in [0.15, 0.2) is 0 Å². The number of carboxylic acid groups (broad SMARTS) is 1. The average molecular weight is 198 g/mol. The van der Waals surface area contributed by atoms with Gasteiger partial charge in [-0.15, -0.1) is 0 Å². The average Bonchev–Trinajstić information content (AvgIpc) is 2.80. The summed E-state index contributed by atoms with van der Waals surface area (Å²) in [6.07, 6.45) is 4.72. The van der Waals surface area contributed by atoms with E-state index in [4.69, 9.17) is 5.11 Å². The zero-order valence-corrected chi connectivity index (χ0v) is 8.41. The number of nitrogens with one attached hydrogen (secondary N) is 1. The minimum Gasteiger partial charge on any atom is -0.480 e. The first-order valence-corrected chi connectivity index (χ1v) is 5.47. The number of hydrogen-bond acceptors (Lipinski definition) is 3. The summed E-state index contributed by atoms with van der Waals surface area (Å²) >= 11 is 0. The van der Waals surface area contributed by atoms with Crippen LogP contribution in [0.3, 0.4) is 0 Å². The van der Waals surface area contributed by atoms with E-state index in [-0.39, 0.29) is 6.04 Å². The molecule has 1 saturated carbocycles. The molecule has 1 saturated heterocycles. The maximum Gasteiger partial charge on any atom is 0.322 e.